The first-order valence-electron chi connectivity index (χ1n) is 5.75. The van der Waals surface area contributed by atoms with Crippen LogP contribution in [0.2, 0.25) is 0 Å². The first kappa shape index (κ1) is 14.9. The molecule has 0 amide bonds. The second-order valence-electron chi connectivity index (χ2n) is 4.32. The van der Waals surface area contributed by atoms with Crippen LogP contribution in [0.4, 0.5) is 0 Å². The molecule has 1 atom stereocenters. The van der Waals surface area contributed by atoms with Crippen LogP contribution < -0.4 is 4.74 Å². The van der Waals surface area contributed by atoms with Crippen LogP contribution >= 0.6 is 0 Å². The third kappa shape index (κ3) is 2.99. The van der Waals surface area contributed by atoms with Gasteiger partial charge in [0.2, 0.25) is 0 Å². The van der Waals surface area contributed by atoms with Crippen molar-refractivity contribution < 1.29 is 24.5 Å². The number of carbonyl (C=O) groups excluding carboxylic acids is 1. The fourth-order valence-corrected chi connectivity index (χ4v) is 1.69. The highest BCUT2D eigenvalue weighted by atomic mass is 16.5. The van der Waals surface area contributed by atoms with Crippen molar-refractivity contribution in [3.05, 3.63) is 29.3 Å². The number of carbonyl (C=O) groups is 1. The fraction of sp³-hybridized carbons (Fsp3) is 0.357. The first-order chi connectivity index (χ1) is 8.79. The molecule has 1 unspecified atom stereocenters. The lowest BCUT2D eigenvalue weighted by atomic mass is 10.0. The van der Waals surface area contributed by atoms with Crippen molar-refractivity contribution in [3.8, 4) is 17.2 Å². The molecule has 1 aromatic carbocycles. The van der Waals surface area contributed by atoms with Gasteiger partial charge in [-0.25, -0.2) is 4.79 Å². The molecule has 1 rings (SSSR count). The number of esters is 1. The van der Waals surface area contributed by atoms with Crippen molar-refractivity contribution in [1.29, 1.82) is 0 Å². The average Bonchev–Trinajstić information content (AvgIpc) is 2.35. The molecule has 0 aliphatic heterocycles. The molecule has 0 saturated carbocycles. The largest absolute Gasteiger partial charge is 0.504 e. The van der Waals surface area contributed by atoms with Crippen LogP contribution in [0.1, 0.15) is 31.1 Å². The highest BCUT2D eigenvalue weighted by molar-refractivity contribution is 5.87. The molecular formula is C14H18O5. The number of methoxy groups -OCH3 is 1. The van der Waals surface area contributed by atoms with Crippen LogP contribution in [0, 0.1) is 6.92 Å². The number of rotatable bonds is 4. The molecule has 0 aliphatic carbocycles. The maximum Gasteiger partial charge on any atom is 0.333 e. The molecule has 5 heteroatoms. The predicted octanol–water partition coefficient (Wildman–Crippen LogP) is 2.60. The highest BCUT2D eigenvalue weighted by Crippen LogP contribution is 2.41. The summed E-state index contributed by atoms with van der Waals surface area (Å²) in [5.74, 6) is -0.692. The Bertz CT molecular complexity index is 519. The smallest absolute Gasteiger partial charge is 0.333 e. The van der Waals surface area contributed by atoms with Gasteiger partial charge in [0.25, 0.3) is 0 Å². The molecule has 0 radical (unpaired) electrons. The van der Waals surface area contributed by atoms with Crippen molar-refractivity contribution in [3.63, 3.8) is 0 Å². The molecular weight excluding hydrogens is 248 g/mol. The Balaban J connectivity index is 3.19. The summed E-state index contributed by atoms with van der Waals surface area (Å²) in [4.78, 5) is 11.5. The zero-order valence-corrected chi connectivity index (χ0v) is 11.5. The third-order valence-electron chi connectivity index (χ3n) is 2.77. The van der Waals surface area contributed by atoms with E-state index in [1.165, 1.54) is 13.2 Å². The quantitative estimate of drug-likeness (QED) is 0.497. The van der Waals surface area contributed by atoms with Crippen molar-refractivity contribution >= 4 is 5.97 Å². The number of ether oxygens (including phenoxy) is 2. The standard InChI is InChI=1S/C14H18O5/c1-7(2)14(17)19-9(4)10-6-11(15)12(16)8(3)13(10)18-5/h6,9,15-16H,1H2,2-5H3. The molecule has 0 aliphatic rings. The lowest BCUT2D eigenvalue weighted by Gasteiger charge is -2.19. The third-order valence-corrected chi connectivity index (χ3v) is 2.77. The monoisotopic (exact) mass is 266 g/mol. The van der Waals surface area contributed by atoms with E-state index in [-0.39, 0.29) is 17.1 Å². The summed E-state index contributed by atoms with van der Waals surface area (Å²) in [7, 11) is 1.44. The molecule has 0 fully saturated rings. The number of phenolic OH excluding ortho intramolecular Hbond substituents is 2. The van der Waals surface area contributed by atoms with Crippen LogP contribution in [0.3, 0.4) is 0 Å². The summed E-state index contributed by atoms with van der Waals surface area (Å²) in [5, 5.41) is 19.3. The average molecular weight is 266 g/mol. The van der Waals surface area contributed by atoms with Gasteiger partial charge in [0.15, 0.2) is 11.5 Å². The molecule has 19 heavy (non-hydrogen) atoms. The maximum absolute atomic E-state index is 11.5. The van der Waals surface area contributed by atoms with Crippen molar-refractivity contribution in [2.24, 2.45) is 0 Å². The van der Waals surface area contributed by atoms with E-state index in [2.05, 4.69) is 6.58 Å². The van der Waals surface area contributed by atoms with Gasteiger partial charge in [0, 0.05) is 16.7 Å². The van der Waals surface area contributed by atoms with Crippen LogP contribution in [-0.4, -0.2) is 23.3 Å². The van der Waals surface area contributed by atoms with Gasteiger partial charge in [-0.2, -0.15) is 0 Å². The van der Waals surface area contributed by atoms with Crippen LogP contribution in [0.5, 0.6) is 17.2 Å². The molecule has 5 nitrogen and oxygen atoms in total. The van der Waals surface area contributed by atoms with Crippen LogP contribution in [-0.2, 0) is 9.53 Å². The van der Waals surface area contributed by atoms with Gasteiger partial charge in [-0.1, -0.05) is 6.58 Å². The minimum atomic E-state index is -0.635. The summed E-state index contributed by atoms with van der Waals surface area (Å²) < 4.78 is 10.4. The van der Waals surface area contributed by atoms with E-state index in [0.717, 1.165) is 0 Å². The van der Waals surface area contributed by atoms with E-state index in [9.17, 15) is 15.0 Å². The Kier molecular flexibility index (Phi) is 4.43. The van der Waals surface area contributed by atoms with E-state index < -0.39 is 12.1 Å². The summed E-state index contributed by atoms with van der Waals surface area (Å²) in [6.45, 7) is 8.30. The van der Waals surface area contributed by atoms with Crippen molar-refractivity contribution in [1.82, 2.24) is 0 Å². The minimum Gasteiger partial charge on any atom is -0.504 e. The van der Waals surface area contributed by atoms with E-state index >= 15 is 0 Å². The molecule has 0 heterocycles. The zero-order chi connectivity index (χ0) is 14.7. The molecule has 2 N–H and O–H groups in total. The number of hydrogen-bond donors (Lipinski definition) is 2. The van der Waals surface area contributed by atoms with E-state index in [4.69, 9.17) is 9.47 Å². The van der Waals surface area contributed by atoms with Crippen LogP contribution in [0.15, 0.2) is 18.2 Å². The fourth-order valence-electron chi connectivity index (χ4n) is 1.69. The molecule has 1 aromatic rings. The summed E-state index contributed by atoms with van der Waals surface area (Å²) in [6.07, 6.45) is -0.635. The van der Waals surface area contributed by atoms with Gasteiger partial charge < -0.3 is 19.7 Å². The Morgan fingerprint density at radius 2 is 2.00 bits per heavy atom. The van der Waals surface area contributed by atoms with Crippen molar-refractivity contribution in [2.45, 2.75) is 26.9 Å². The molecule has 0 saturated heterocycles. The molecule has 104 valence electrons. The maximum atomic E-state index is 11.5. The first-order valence-corrected chi connectivity index (χ1v) is 5.75. The number of phenols is 2. The topological polar surface area (TPSA) is 76.0 Å². The van der Waals surface area contributed by atoms with Gasteiger partial charge in [0.1, 0.15) is 11.9 Å². The minimum absolute atomic E-state index is 0.251. The highest BCUT2D eigenvalue weighted by Gasteiger charge is 2.21. The van der Waals surface area contributed by atoms with Crippen molar-refractivity contribution in [2.75, 3.05) is 7.11 Å². The predicted molar refractivity (Wildman–Crippen MR) is 70.4 cm³/mol. The van der Waals surface area contributed by atoms with Gasteiger partial charge in [-0.05, 0) is 26.8 Å². The molecule has 0 spiro atoms. The lowest BCUT2D eigenvalue weighted by molar-refractivity contribution is -0.143. The Morgan fingerprint density at radius 3 is 2.47 bits per heavy atom. The van der Waals surface area contributed by atoms with E-state index in [0.29, 0.717) is 16.9 Å². The Hall–Kier alpha value is -2.17. The second-order valence-corrected chi connectivity index (χ2v) is 4.32. The van der Waals surface area contributed by atoms with Gasteiger partial charge >= 0.3 is 5.97 Å². The second kappa shape index (κ2) is 5.65. The number of benzene rings is 1. The Morgan fingerprint density at radius 1 is 1.42 bits per heavy atom. The zero-order valence-electron chi connectivity index (χ0n) is 11.5. The lowest BCUT2D eigenvalue weighted by Crippen LogP contribution is -2.10. The normalized spacial score (nSPS) is 11.8. The summed E-state index contributed by atoms with van der Waals surface area (Å²) in [5.41, 5.74) is 1.14. The summed E-state index contributed by atoms with van der Waals surface area (Å²) >= 11 is 0. The Labute approximate surface area is 112 Å². The SMILES string of the molecule is C=C(C)C(=O)OC(C)c1cc(O)c(O)c(C)c1OC. The van der Waals surface area contributed by atoms with E-state index in [1.807, 2.05) is 0 Å². The van der Waals surface area contributed by atoms with Gasteiger partial charge in [-0.3, -0.25) is 0 Å². The van der Waals surface area contributed by atoms with E-state index in [1.54, 1.807) is 20.8 Å². The van der Waals surface area contributed by atoms with Gasteiger partial charge in [-0.15, -0.1) is 0 Å². The molecule has 0 bridgehead atoms. The number of aromatic hydroxyl groups is 2. The van der Waals surface area contributed by atoms with Crippen LogP contribution in [0.25, 0.3) is 0 Å². The van der Waals surface area contributed by atoms with Gasteiger partial charge in [0.05, 0.1) is 7.11 Å². The molecule has 0 aromatic heterocycles. The summed E-state index contributed by atoms with van der Waals surface area (Å²) in [6, 6.07) is 1.32. The number of hydrogen-bond acceptors (Lipinski definition) is 5.